The van der Waals surface area contributed by atoms with E-state index in [-0.39, 0.29) is 11.7 Å². The predicted octanol–water partition coefficient (Wildman–Crippen LogP) is 2.41. The van der Waals surface area contributed by atoms with Gasteiger partial charge in [0.05, 0.1) is 6.42 Å². The number of benzene rings is 1. The fourth-order valence-electron chi connectivity index (χ4n) is 1.79. The van der Waals surface area contributed by atoms with Gasteiger partial charge in [-0.1, -0.05) is 32.9 Å². The predicted molar refractivity (Wildman–Crippen MR) is 62.6 cm³/mol. The van der Waals surface area contributed by atoms with Crippen molar-refractivity contribution >= 4 is 17.4 Å². The zero-order valence-electron chi connectivity index (χ0n) is 9.76. The van der Waals surface area contributed by atoms with Crippen LogP contribution in [0.1, 0.15) is 36.7 Å². The van der Waals surface area contributed by atoms with Crippen LogP contribution in [0.4, 0.5) is 5.69 Å². The van der Waals surface area contributed by atoms with Gasteiger partial charge in [-0.05, 0) is 11.6 Å². The minimum atomic E-state index is -0.392. The highest BCUT2D eigenvalue weighted by Crippen LogP contribution is 2.27. The highest BCUT2D eigenvalue weighted by atomic mass is 16.2. The summed E-state index contributed by atoms with van der Waals surface area (Å²) in [5.41, 5.74) is 2.01. The van der Waals surface area contributed by atoms with E-state index in [2.05, 4.69) is 5.32 Å². The second-order valence-corrected chi connectivity index (χ2v) is 5.18. The van der Waals surface area contributed by atoms with Crippen molar-refractivity contribution in [1.29, 1.82) is 0 Å². The maximum absolute atomic E-state index is 12.0. The van der Waals surface area contributed by atoms with Gasteiger partial charge in [-0.25, -0.2) is 0 Å². The zero-order chi connectivity index (χ0) is 11.9. The van der Waals surface area contributed by atoms with Gasteiger partial charge in [0.1, 0.15) is 0 Å². The number of amides is 1. The summed E-state index contributed by atoms with van der Waals surface area (Å²) in [6, 6.07) is 5.42. The first-order valence-corrected chi connectivity index (χ1v) is 5.35. The van der Waals surface area contributed by atoms with Crippen molar-refractivity contribution in [2.24, 2.45) is 5.41 Å². The zero-order valence-corrected chi connectivity index (χ0v) is 9.76. The molecule has 2 rings (SSSR count). The van der Waals surface area contributed by atoms with Crippen LogP contribution in [0, 0.1) is 5.41 Å². The van der Waals surface area contributed by atoms with Gasteiger partial charge in [-0.3, -0.25) is 9.59 Å². The first kappa shape index (κ1) is 10.9. The fourth-order valence-corrected chi connectivity index (χ4v) is 1.79. The third kappa shape index (κ3) is 1.85. The molecular weight excluding hydrogens is 202 g/mol. The van der Waals surface area contributed by atoms with Gasteiger partial charge in [0.15, 0.2) is 5.78 Å². The highest BCUT2D eigenvalue weighted by molar-refractivity contribution is 6.04. The number of Topliss-reactive ketones (excluding diaryl/α,β-unsaturated/α-hetero) is 1. The van der Waals surface area contributed by atoms with Crippen LogP contribution in [0.3, 0.4) is 0 Å². The van der Waals surface area contributed by atoms with Gasteiger partial charge >= 0.3 is 0 Å². The van der Waals surface area contributed by atoms with Gasteiger partial charge < -0.3 is 5.32 Å². The van der Waals surface area contributed by atoms with Crippen LogP contribution in [0.15, 0.2) is 18.2 Å². The van der Waals surface area contributed by atoms with Gasteiger partial charge in [0.2, 0.25) is 5.91 Å². The molecule has 1 aromatic carbocycles. The molecule has 0 aromatic heterocycles. The Bertz CT molecular complexity index is 469. The molecule has 0 unspecified atom stereocenters. The Morgan fingerprint density at radius 1 is 1.31 bits per heavy atom. The number of rotatable bonds is 1. The molecule has 0 atom stereocenters. The second-order valence-electron chi connectivity index (χ2n) is 5.18. The van der Waals surface area contributed by atoms with E-state index in [0.29, 0.717) is 12.0 Å². The summed E-state index contributed by atoms with van der Waals surface area (Å²) in [5.74, 6) is 0.0896. The number of anilines is 1. The molecule has 1 amide bonds. The summed E-state index contributed by atoms with van der Waals surface area (Å²) in [5, 5.41) is 2.75. The first-order valence-electron chi connectivity index (χ1n) is 5.35. The molecule has 0 fully saturated rings. The van der Waals surface area contributed by atoms with Crippen LogP contribution >= 0.6 is 0 Å². The molecule has 0 bridgehead atoms. The molecule has 0 saturated carbocycles. The van der Waals surface area contributed by atoms with Crippen LogP contribution in [-0.2, 0) is 11.2 Å². The second kappa shape index (κ2) is 3.44. The Kier molecular flexibility index (Phi) is 2.34. The third-order valence-corrected chi connectivity index (χ3v) is 2.68. The van der Waals surface area contributed by atoms with Gasteiger partial charge in [-0.15, -0.1) is 0 Å². The molecule has 0 radical (unpaired) electrons. The van der Waals surface area contributed by atoms with Crippen LogP contribution in [-0.4, -0.2) is 11.7 Å². The van der Waals surface area contributed by atoms with E-state index in [9.17, 15) is 9.59 Å². The number of ketones is 1. The van der Waals surface area contributed by atoms with E-state index in [0.717, 1.165) is 11.3 Å². The topological polar surface area (TPSA) is 46.2 Å². The average molecular weight is 217 g/mol. The Morgan fingerprint density at radius 3 is 2.62 bits per heavy atom. The van der Waals surface area contributed by atoms with Crippen molar-refractivity contribution in [3.8, 4) is 0 Å². The summed E-state index contributed by atoms with van der Waals surface area (Å²) in [6.45, 7) is 5.67. The maximum atomic E-state index is 12.0. The van der Waals surface area contributed by atoms with Crippen molar-refractivity contribution < 1.29 is 9.59 Å². The molecule has 1 aliphatic rings. The lowest BCUT2D eigenvalue weighted by atomic mass is 9.86. The van der Waals surface area contributed by atoms with Crippen molar-refractivity contribution in [2.75, 3.05) is 5.32 Å². The Labute approximate surface area is 94.9 Å². The number of hydrogen-bond acceptors (Lipinski definition) is 2. The summed E-state index contributed by atoms with van der Waals surface area (Å²) in [6.07, 6.45) is 0.416. The molecule has 16 heavy (non-hydrogen) atoms. The molecule has 1 aliphatic heterocycles. The van der Waals surface area contributed by atoms with Crippen molar-refractivity contribution in [3.63, 3.8) is 0 Å². The lowest BCUT2D eigenvalue weighted by Crippen LogP contribution is -2.20. The molecule has 84 valence electrons. The standard InChI is InChI=1S/C13H15NO2/c1-13(2,3)12(16)9-5-4-8-7-11(15)14-10(8)6-9/h4-6H,7H2,1-3H3,(H,14,15). The van der Waals surface area contributed by atoms with Crippen LogP contribution in [0.5, 0.6) is 0 Å². The van der Waals surface area contributed by atoms with E-state index in [4.69, 9.17) is 0 Å². The van der Waals surface area contributed by atoms with Gasteiger partial charge in [-0.2, -0.15) is 0 Å². The summed E-state index contributed by atoms with van der Waals surface area (Å²) < 4.78 is 0. The van der Waals surface area contributed by atoms with Crippen molar-refractivity contribution in [1.82, 2.24) is 0 Å². The SMILES string of the molecule is CC(C)(C)C(=O)c1ccc2c(c1)NC(=O)C2. The minimum Gasteiger partial charge on any atom is -0.326 e. The molecular formula is C13H15NO2. The number of hydrogen-bond donors (Lipinski definition) is 1. The minimum absolute atomic E-state index is 0.00430. The number of carbonyl (C=O) groups excluding carboxylic acids is 2. The van der Waals surface area contributed by atoms with Gasteiger partial charge in [0, 0.05) is 16.7 Å². The Morgan fingerprint density at radius 2 is 2.00 bits per heavy atom. The Hall–Kier alpha value is -1.64. The van der Waals surface area contributed by atoms with Crippen molar-refractivity contribution in [2.45, 2.75) is 27.2 Å². The average Bonchev–Trinajstić information content (AvgIpc) is 2.54. The summed E-state index contributed by atoms with van der Waals surface area (Å²) in [7, 11) is 0. The third-order valence-electron chi connectivity index (χ3n) is 2.68. The fraction of sp³-hybridized carbons (Fsp3) is 0.385. The van der Waals surface area contributed by atoms with E-state index >= 15 is 0 Å². The van der Waals surface area contributed by atoms with E-state index < -0.39 is 5.41 Å². The summed E-state index contributed by atoms with van der Waals surface area (Å²) in [4.78, 5) is 23.2. The number of fused-ring (bicyclic) bond motifs is 1. The van der Waals surface area contributed by atoms with Crippen LogP contribution in [0.2, 0.25) is 0 Å². The quantitative estimate of drug-likeness (QED) is 0.734. The largest absolute Gasteiger partial charge is 0.326 e. The highest BCUT2D eigenvalue weighted by Gasteiger charge is 2.25. The molecule has 1 N–H and O–H groups in total. The monoisotopic (exact) mass is 217 g/mol. The molecule has 0 saturated heterocycles. The van der Waals surface area contributed by atoms with E-state index in [1.54, 1.807) is 12.1 Å². The smallest absolute Gasteiger partial charge is 0.228 e. The lowest BCUT2D eigenvalue weighted by molar-refractivity contribution is -0.115. The summed E-state index contributed by atoms with van der Waals surface area (Å²) >= 11 is 0. The Balaban J connectivity index is 2.37. The molecule has 1 aromatic rings. The van der Waals surface area contributed by atoms with Crippen LogP contribution < -0.4 is 5.32 Å². The maximum Gasteiger partial charge on any atom is 0.228 e. The molecule has 3 heteroatoms. The molecule has 0 spiro atoms. The lowest BCUT2D eigenvalue weighted by Gasteiger charge is -2.16. The van der Waals surface area contributed by atoms with Crippen LogP contribution in [0.25, 0.3) is 0 Å². The number of nitrogens with one attached hydrogen (secondary N) is 1. The molecule has 1 heterocycles. The first-order chi connectivity index (χ1) is 7.38. The van der Waals surface area contributed by atoms with Crippen molar-refractivity contribution in [3.05, 3.63) is 29.3 Å². The van der Waals surface area contributed by atoms with E-state index in [1.807, 2.05) is 26.8 Å². The number of carbonyl (C=O) groups is 2. The molecule has 0 aliphatic carbocycles. The van der Waals surface area contributed by atoms with E-state index in [1.165, 1.54) is 0 Å². The van der Waals surface area contributed by atoms with Gasteiger partial charge in [0.25, 0.3) is 0 Å². The molecule has 3 nitrogen and oxygen atoms in total. The normalized spacial score (nSPS) is 14.6.